The van der Waals surface area contributed by atoms with Gasteiger partial charge >= 0.3 is 0 Å². The number of aromatic nitrogens is 2. The van der Waals surface area contributed by atoms with E-state index in [1.807, 2.05) is 12.4 Å². The molecule has 1 aliphatic rings. The van der Waals surface area contributed by atoms with Crippen molar-refractivity contribution in [3.63, 3.8) is 0 Å². The minimum absolute atomic E-state index is 0.106. The van der Waals surface area contributed by atoms with E-state index < -0.39 is 0 Å². The molecule has 0 aliphatic carbocycles. The Balaban J connectivity index is 1.53. The van der Waals surface area contributed by atoms with Gasteiger partial charge in [0.05, 0.1) is 12.6 Å². The third kappa shape index (κ3) is 3.11. The lowest BCUT2D eigenvalue weighted by atomic mass is 9.95. The molecule has 0 spiro atoms. The minimum Gasteiger partial charge on any atom is -0.395 e. The van der Waals surface area contributed by atoms with Gasteiger partial charge in [0.25, 0.3) is 0 Å². The number of hydrogen-bond donors (Lipinski definition) is 4. The number of likely N-dealkylation sites (tertiary alicyclic amines) is 1. The Morgan fingerprint density at radius 2 is 1.54 bits per heavy atom. The van der Waals surface area contributed by atoms with Crippen molar-refractivity contribution in [1.29, 1.82) is 0 Å². The fraction of sp³-hybridized carbons (Fsp3) is 0.304. The molecular weight excluding hydrogens is 348 g/mol. The summed E-state index contributed by atoms with van der Waals surface area (Å²) < 4.78 is 0. The average Bonchev–Trinajstić information content (AvgIpc) is 3.44. The number of aromatic amines is 2. The number of rotatable bonds is 5. The summed E-state index contributed by atoms with van der Waals surface area (Å²) in [6, 6.07) is 14.0. The quantitative estimate of drug-likeness (QED) is 0.433. The summed E-state index contributed by atoms with van der Waals surface area (Å²) in [4.78, 5) is 8.64. The van der Waals surface area contributed by atoms with Crippen LogP contribution in [0.25, 0.3) is 21.5 Å². The van der Waals surface area contributed by atoms with Crippen LogP contribution in [0, 0.1) is 0 Å². The molecule has 5 nitrogen and oxygen atoms in total. The van der Waals surface area contributed by atoms with Gasteiger partial charge in [-0.25, -0.2) is 0 Å². The first kappa shape index (κ1) is 17.5. The highest BCUT2D eigenvalue weighted by atomic mass is 16.3. The zero-order valence-electron chi connectivity index (χ0n) is 16.0. The molecule has 0 saturated carbocycles. The minimum atomic E-state index is 0.106. The molecule has 4 aromatic rings. The molecule has 144 valence electrons. The van der Waals surface area contributed by atoms with Gasteiger partial charge in [0.1, 0.15) is 0 Å². The molecule has 3 heterocycles. The molecule has 2 atom stereocenters. The molecule has 0 amide bonds. The summed E-state index contributed by atoms with van der Waals surface area (Å²) in [6.45, 7) is 1.16. The number of fused-ring (bicyclic) bond motifs is 2. The molecular formula is C23H26N4O. The van der Waals surface area contributed by atoms with Crippen LogP contribution in [-0.4, -0.2) is 52.3 Å². The fourth-order valence-corrected chi connectivity index (χ4v) is 4.54. The predicted octanol–water partition coefficient (Wildman–Crippen LogP) is 3.39. The van der Waals surface area contributed by atoms with E-state index in [4.69, 9.17) is 0 Å². The summed E-state index contributed by atoms with van der Waals surface area (Å²) in [6.07, 6.45) is 9.13. The van der Waals surface area contributed by atoms with E-state index in [1.165, 1.54) is 32.7 Å². The number of aliphatic hydroxyl groups excluding tert-OH is 1. The zero-order valence-corrected chi connectivity index (χ0v) is 16.0. The van der Waals surface area contributed by atoms with Crippen LogP contribution >= 0.6 is 0 Å². The molecule has 0 bridgehead atoms. The summed E-state index contributed by atoms with van der Waals surface area (Å²) in [7, 11) is 2.09. The Morgan fingerprint density at radius 3 is 2.07 bits per heavy atom. The summed E-state index contributed by atoms with van der Waals surface area (Å²) in [5.74, 6) is 0. The summed E-state index contributed by atoms with van der Waals surface area (Å²) in [5.41, 5.74) is 2.52. The topological polar surface area (TPSA) is 67.1 Å². The van der Waals surface area contributed by atoms with Gasteiger partial charge < -0.3 is 20.4 Å². The maximum Gasteiger partial charge on any atom is 0.0587 e. The van der Waals surface area contributed by atoms with Crippen LogP contribution in [-0.2, 0) is 0 Å². The molecule has 1 fully saturated rings. The first-order chi connectivity index (χ1) is 13.7. The molecule has 2 aromatic carbocycles. The van der Waals surface area contributed by atoms with Crippen LogP contribution in [0.2, 0.25) is 0 Å². The van der Waals surface area contributed by atoms with Crippen LogP contribution < -0.4 is 5.32 Å². The zero-order chi connectivity index (χ0) is 19.1. The van der Waals surface area contributed by atoms with Crippen LogP contribution in [0.15, 0.2) is 61.2 Å². The Bertz CT molecular complexity index is 1020. The number of hydrogen-bond acceptors (Lipinski definition) is 3. The number of aliphatic hydroxyl groups is 1. The van der Waals surface area contributed by atoms with E-state index in [1.54, 1.807) is 0 Å². The van der Waals surface area contributed by atoms with Crippen LogP contribution in [0.4, 0.5) is 0 Å². The second-order valence-corrected chi connectivity index (χ2v) is 8.00. The Labute approximate surface area is 164 Å². The molecule has 0 radical (unpaired) electrons. The van der Waals surface area contributed by atoms with Gasteiger partial charge in [-0.2, -0.15) is 0 Å². The van der Waals surface area contributed by atoms with E-state index in [0.717, 1.165) is 13.0 Å². The molecule has 1 aliphatic heterocycles. The summed E-state index contributed by atoms with van der Waals surface area (Å²) >= 11 is 0. The number of nitrogens with one attached hydrogen (secondary N) is 3. The van der Waals surface area contributed by atoms with Gasteiger partial charge in [0.2, 0.25) is 0 Å². The van der Waals surface area contributed by atoms with E-state index >= 15 is 0 Å². The lowest BCUT2D eigenvalue weighted by molar-refractivity contribution is 0.182. The van der Waals surface area contributed by atoms with Gasteiger partial charge in [0, 0.05) is 43.4 Å². The maximum absolute atomic E-state index is 9.64. The van der Waals surface area contributed by atoms with E-state index in [2.05, 4.69) is 76.0 Å². The smallest absolute Gasteiger partial charge is 0.0587 e. The van der Waals surface area contributed by atoms with Gasteiger partial charge in [-0.1, -0.05) is 24.3 Å². The largest absolute Gasteiger partial charge is 0.395 e. The second kappa shape index (κ2) is 7.09. The van der Waals surface area contributed by atoms with Crippen molar-refractivity contribution in [3.05, 3.63) is 72.3 Å². The Hall–Kier alpha value is -2.60. The normalized spacial score (nSPS) is 20.7. The standard InChI is InChI=1S/C23H26N4O/c1-27-13-21(8-22(27)14-28)26-23(15-2-4-17-9-24-11-19(17)6-15)16-3-5-18-10-25-12-20(18)7-16/h2-7,9-12,21-26,28H,8,13-14H2,1H3/t21-,22-/m1/s1. The molecule has 4 N–H and O–H groups in total. The molecule has 28 heavy (non-hydrogen) atoms. The van der Waals surface area contributed by atoms with Crippen molar-refractivity contribution < 1.29 is 5.11 Å². The number of benzene rings is 2. The van der Waals surface area contributed by atoms with Crippen molar-refractivity contribution in [2.24, 2.45) is 0 Å². The maximum atomic E-state index is 9.64. The lowest BCUT2D eigenvalue weighted by Crippen LogP contribution is -2.35. The van der Waals surface area contributed by atoms with E-state index in [-0.39, 0.29) is 18.7 Å². The highest BCUT2D eigenvalue weighted by Gasteiger charge is 2.31. The molecule has 5 rings (SSSR count). The predicted molar refractivity (Wildman–Crippen MR) is 113 cm³/mol. The summed E-state index contributed by atoms with van der Waals surface area (Å²) in [5, 5.41) is 18.4. The van der Waals surface area contributed by atoms with Crippen molar-refractivity contribution in [1.82, 2.24) is 20.2 Å². The molecule has 0 unspecified atom stereocenters. The third-order valence-electron chi connectivity index (χ3n) is 6.15. The molecule has 5 heteroatoms. The number of nitrogens with zero attached hydrogens (tertiary/aromatic N) is 1. The van der Waals surface area contributed by atoms with Gasteiger partial charge in [0.15, 0.2) is 0 Å². The van der Waals surface area contributed by atoms with Gasteiger partial charge in [-0.15, -0.1) is 0 Å². The average molecular weight is 374 g/mol. The Kier molecular flexibility index (Phi) is 4.43. The first-order valence-corrected chi connectivity index (χ1v) is 9.91. The first-order valence-electron chi connectivity index (χ1n) is 9.91. The van der Waals surface area contributed by atoms with Crippen molar-refractivity contribution in [2.45, 2.75) is 24.5 Å². The van der Waals surface area contributed by atoms with Gasteiger partial charge in [-0.3, -0.25) is 4.90 Å². The number of H-pyrrole nitrogens is 2. The van der Waals surface area contributed by atoms with Crippen molar-refractivity contribution >= 4 is 21.5 Å². The van der Waals surface area contributed by atoms with Crippen LogP contribution in [0.3, 0.4) is 0 Å². The monoisotopic (exact) mass is 374 g/mol. The second-order valence-electron chi connectivity index (χ2n) is 8.00. The fourth-order valence-electron chi connectivity index (χ4n) is 4.54. The van der Waals surface area contributed by atoms with E-state index in [0.29, 0.717) is 6.04 Å². The molecule has 1 saturated heterocycles. The van der Waals surface area contributed by atoms with Crippen LogP contribution in [0.5, 0.6) is 0 Å². The number of likely N-dealkylation sites (N-methyl/N-ethyl adjacent to an activating group) is 1. The van der Waals surface area contributed by atoms with E-state index in [9.17, 15) is 5.11 Å². The SMILES string of the molecule is CN1C[C@H](NC(c2ccc3c[nH]cc3c2)c2ccc3c[nH]cc3c2)C[C@@H]1CO. The third-order valence-corrected chi connectivity index (χ3v) is 6.15. The Morgan fingerprint density at radius 1 is 0.964 bits per heavy atom. The van der Waals surface area contributed by atoms with Crippen LogP contribution in [0.1, 0.15) is 23.6 Å². The highest BCUT2D eigenvalue weighted by Crippen LogP contribution is 2.30. The molecule has 2 aromatic heterocycles. The lowest BCUT2D eigenvalue weighted by Gasteiger charge is -2.24. The van der Waals surface area contributed by atoms with Crippen molar-refractivity contribution in [2.75, 3.05) is 20.2 Å². The highest BCUT2D eigenvalue weighted by molar-refractivity contribution is 5.84. The van der Waals surface area contributed by atoms with Gasteiger partial charge in [-0.05, 0) is 58.3 Å². The van der Waals surface area contributed by atoms with Crippen molar-refractivity contribution in [3.8, 4) is 0 Å².